The van der Waals surface area contributed by atoms with Gasteiger partial charge in [-0.25, -0.2) is 14.2 Å². The fraction of sp³-hybridized carbons (Fsp3) is 0.150. The number of hydrogen-bond donors (Lipinski definition) is 1. The van der Waals surface area contributed by atoms with E-state index >= 15 is 0 Å². The summed E-state index contributed by atoms with van der Waals surface area (Å²) in [6, 6.07) is 13.0. The molecule has 0 aliphatic rings. The minimum atomic E-state index is -0.980. The standard InChI is InChI=1S/C20H17FN2O4/c1-13(20(25)22-12-14-6-8-15(21)9-7-14)26-19(24)11-10-18-23-16-4-2-3-5-17(16)27-18/h2-11,13H,12H2,1H3,(H,22,25)/b11-10+/t13-/m1/s1. The van der Waals surface area contributed by atoms with Crippen molar-refractivity contribution in [2.75, 3.05) is 0 Å². The van der Waals surface area contributed by atoms with Crippen LogP contribution >= 0.6 is 0 Å². The van der Waals surface area contributed by atoms with Crippen molar-refractivity contribution >= 4 is 29.1 Å². The highest BCUT2D eigenvalue weighted by Crippen LogP contribution is 2.15. The van der Waals surface area contributed by atoms with Gasteiger partial charge in [0.05, 0.1) is 0 Å². The van der Waals surface area contributed by atoms with Gasteiger partial charge in [-0.1, -0.05) is 24.3 Å². The molecule has 0 fully saturated rings. The number of halogens is 1. The normalized spacial score (nSPS) is 12.2. The summed E-state index contributed by atoms with van der Waals surface area (Å²) in [6.45, 7) is 1.67. The van der Waals surface area contributed by atoms with Gasteiger partial charge >= 0.3 is 5.97 Å². The fourth-order valence-corrected chi connectivity index (χ4v) is 2.30. The summed E-state index contributed by atoms with van der Waals surface area (Å²) in [6.07, 6.45) is 1.55. The molecule has 1 amide bonds. The number of esters is 1. The molecule has 138 valence electrons. The second kappa shape index (κ2) is 8.27. The van der Waals surface area contributed by atoms with Crippen LogP contribution in [0.3, 0.4) is 0 Å². The Hall–Kier alpha value is -3.48. The number of rotatable bonds is 6. The Labute approximate surface area is 154 Å². The Morgan fingerprint density at radius 2 is 1.96 bits per heavy atom. The van der Waals surface area contributed by atoms with Gasteiger partial charge in [0, 0.05) is 18.7 Å². The van der Waals surface area contributed by atoms with Crippen molar-refractivity contribution in [3.63, 3.8) is 0 Å². The third kappa shape index (κ3) is 5.01. The number of amides is 1. The number of fused-ring (bicyclic) bond motifs is 1. The van der Waals surface area contributed by atoms with Crippen LogP contribution < -0.4 is 5.32 Å². The monoisotopic (exact) mass is 368 g/mol. The van der Waals surface area contributed by atoms with E-state index in [-0.39, 0.29) is 18.3 Å². The van der Waals surface area contributed by atoms with E-state index in [1.165, 1.54) is 25.1 Å². The summed E-state index contributed by atoms with van der Waals surface area (Å²) in [4.78, 5) is 28.1. The molecule has 0 bridgehead atoms. The Bertz CT molecular complexity index is 946. The number of nitrogens with zero attached hydrogens (tertiary/aromatic N) is 1. The molecule has 1 aromatic heterocycles. The molecule has 0 unspecified atom stereocenters. The van der Waals surface area contributed by atoms with Gasteiger partial charge in [0.15, 0.2) is 11.7 Å². The third-order valence-electron chi connectivity index (χ3n) is 3.71. The Kier molecular flexibility index (Phi) is 5.61. The first-order chi connectivity index (χ1) is 13.0. The molecule has 3 rings (SSSR count). The molecular weight excluding hydrogens is 351 g/mol. The molecule has 1 N–H and O–H groups in total. The van der Waals surface area contributed by atoms with Crippen LogP contribution in [-0.2, 0) is 20.9 Å². The van der Waals surface area contributed by atoms with Gasteiger partial charge < -0.3 is 14.5 Å². The fourth-order valence-electron chi connectivity index (χ4n) is 2.30. The average molecular weight is 368 g/mol. The molecule has 0 spiro atoms. The maximum atomic E-state index is 12.9. The molecule has 1 atom stereocenters. The van der Waals surface area contributed by atoms with Crippen LogP contribution in [0.2, 0.25) is 0 Å². The Balaban J connectivity index is 1.50. The van der Waals surface area contributed by atoms with E-state index in [0.717, 1.165) is 11.6 Å². The number of hydrogen-bond acceptors (Lipinski definition) is 5. The van der Waals surface area contributed by atoms with Crippen LogP contribution in [0.4, 0.5) is 4.39 Å². The first kappa shape index (κ1) is 18.3. The molecule has 6 nitrogen and oxygen atoms in total. The van der Waals surface area contributed by atoms with E-state index in [4.69, 9.17) is 9.15 Å². The summed E-state index contributed by atoms with van der Waals surface area (Å²) in [5, 5.41) is 2.62. The molecule has 2 aromatic carbocycles. The number of oxazole rings is 1. The topological polar surface area (TPSA) is 81.4 Å². The first-order valence-electron chi connectivity index (χ1n) is 8.28. The Morgan fingerprint density at radius 3 is 2.70 bits per heavy atom. The Morgan fingerprint density at radius 1 is 1.22 bits per heavy atom. The number of carbonyl (C=O) groups is 2. The lowest BCUT2D eigenvalue weighted by molar-refractivity contribution is -0.150. The van der Waals surface area contributed by atoms with Crippen LogP contribution in [0.5, 0.6) is 0 Å². The maximum Gasteiger partial charge on any atom is 0.331 e. The lowest BCUT2D eigenvalue weighted by Crippen LogP contribution is -2.35. The summed E-state index contributed by atoms with van der Waals surface area (Å²) >= 11 is 0. The molecule has 1 heterocycles. The van der Waals surface area contributed by atoms with Crippen molar-refractivity contribution in [3.05, 3.63) is 71.9 Å². The van der Waals surface area contributed by atoms with Gasteiger partial charge in [-0.05, 0) is 36.8 Å². The molecule has 27 heavy (non-hydrogen) atoms. The van der Waals surface area contributed by atoms with E-state index in [9.17, 15) is 14.0 Å². The van der Waals surface area contributed by atoms with Crippen molar-refractivity contribution in [2.24, 2.45) is 0 Å². The number of para-hydroxylation sites is 2. The number of benzene rings is 2. The van der Waals surface area contributed by atoms with Crippen LogP contribution in [0.25, 0.3) is 17.2 Å². The van der Waals surface area contributed by atoms with Crippen molar-refractivity contribution < 1.29 is 23.1 Å². The van der Waals surface area contributed by atoms with Crippen molar-refractivity contribution in [1.29, 1.82) is 0 Å². The lowest BCUT2D eigenvalue weighted by atomic mass is 10.2. The van der Waals surface area contributed by atoms with Crippen LogP contribution in [0.15, 0.2) is 59.0 Å². The number of nitrogens with one attached hydrogen (secondary N) is 1. The summed E-state index contributed by atoms with van der Waals surface area (Å²) in [7, 11) is 0. The van der Waals surface area contributed by atoms with Gasteiger partial charge in [0.1, 0.15) is 11.3 Å². The molecule has 3 aromatic rings. The van der Waals surface area contributed by atoms with Gasteiger partial charge in [-0.3, -0.25) is 4.79 Å². The summed E-state index contributed by atoms with van der Waals surface area (Å²) in [5.41, 5.74) is 2.03. The predicted molar refractivity (Wildman–Crippen MR) is 96.8 cm³/mol. The number of ether oxygens (including phenoxy) is 1. The lowest BCUT2D eigenvalue weighted by Gasteiger charge is -2.12. The second-order valence-corrected chi connectivity index (χ2v) is 5.78. The molecule has 0 aliphatic heterocycles. The number of carbonyl (C=O) groups excluding carboxylic acids is 2. The zero-order chi connectivity index (χ0) is 19.2. The van der Waals surface area contributed by atoms with Crippen LogP contribution in [-0.4, -0.2) is 23.0 Å². The quantitative estimate of drug-likeness (QED) is 0.534. The molecular formula is C20H17FN2O4. The third-order valence-corrected chi connectivity index (χ3v) is 3.71. The molecule has 7 heteroatoms. The zero-order valence-electron chi connectivity index (χ0n) is 14.5. The van der Waals surface area contributed by atoms with Crippen molar-refractivity contribution in [2.45, 2.75) is 19.6 Å². The largest absolute Gasteiger partial charge is 0.449 e. The number of aromatic nitrogens is 1. The second-order valence-electron chi connectivity index (χ2n) is 5.78. The maximum absolute atomic E-state index is 12.9. The van der Waals surface area contributed by atoms with Crippen molar-refractivity contribution in [3.8, 4) is 0 Å². The smallest absolute Gasteiger partial charge is 0.331 e. The average Bonchev–Trinajstić information content (AvgIpc) is 3.08. The van der Waals surface area contributed by atoms with Gasteiger partial charge in [0.25, 0.3) is 5.91 Å². The summed E-state index contributed by atoms with van der Waals surface area (Å²) in [5.74, 6) is -1.23. The van der Waals surface area contributed by atoms with Crippen LogP contribution in [0, 0.1) is 5.82 Å². The predicted octanol–water partition coefficient (Wildman–Crippen LogP) is 3.23. The van der Waals surface area contributed by atoms with Gasteiger partial charge in [-0.2, -0.15) is 0 Å². The van der Waals surface area contributed by atoms with Crippen LogP contribution in [0.1, 0.15) is 18.4 Å². The van der Waals surface area contributed by atoms with E-state index in [2.05, 4.69) is 10.3 Å². The molecule has 0 saturated heterocycles. The van der Waals surface area contributed by atoms with E-state index in [0.29, 0.717) is 11.1 Å². The SMILES string of the molecule is C[C@@H](OC(=O)/C=C/c1nc2ccccc2o1)C(=O)NCc1ccc(F)cc1. The van der Waals surface area contributed by atoms with E-state index < -0.39 is 18.0 Å². The minimum Gasteiger partial charge on any atom is -0.449 e. The van der Waals surface area contributed by atoms with E-state index in [1.54, 1.807) is 24.3 Å². The highest BCUT2D eigenvalue weighted by molar-refractivity contribution is 5.90. The molecule has 0 radical (unpaired) electrons. The first-order valence-corrected chi connectivity index (χ1v) is 8.28. The highest BCUT2D eigenvalue weighted by atomic mass is 19.1. The molecule has 0 aliphatic carbocycles. The summed E-state index contributed by atoms with van der Waals surface area (Å²) < 4.78 is 23.4. The highest BCUT2D eigenvalue weighted by Gasteiger charge is 2.16. The molecule has 0 saturated carbocycles. The van der Waals surface area contributed by atoms with Gasteiger partial charge in [0.2, 0.25) is 5.89 Å². The van der Waals surface area contributed by atoms with E-state index in [1.807, 2.05) is 12.1 Å². The zero-order valence-corrected chi connectivity index (χ0v) is 14.5. The van der Waals surface area contributed by atoms with Gasteiger partial charge in [-0.15, -0.1) is 0 Å². The minimum absolute atomic E-state index is 0.208. The van der Waals surface area contributed by atoms with Crippen molar-refractivity contribution in [1.82, 2.24) is 10.3 Å².